The van der Waals surface area contributed by atoms with E-state index in [1.54, 1.807) is 42.5 Å². The molecule has 2 aromatic carbocycles. The highest BCUT2D eigenvalue weighted by molar-refractivity contribution is 6.05. The molecular formula is C15H14N2O3. The van der Waals surface area contributed by atoms with Gasteiger partial charge in [-0.15, -0.1) is 0 Å². The highest BCUT2D eigenvalue weighted by Gasteiger charge is 2.16. The third-order valence-corrected chi connectivity index (χ3v) is 2.95. The zero-order valence-electron chi connectivity index (χ0n) is 11.0. The number of nitrogens with one attached hydrogen (secondary N) is 1. The number of nitrogens with zero attached hydrogens (tertiary/aromatic N) is 1. The van der Waals surface area contributed by atoms with Gasteiger partial charge in [-0.3, -0.25) is 14.9 Å². The van der Waals surface area contributed by atoms with E-state index in [4.69, 9.17) is 0 Å². The van der Waals surface area contributed by atoms with Crippen LogP contribution in [0.15, 0.2) is 48.5 Å². The number of nitro benzene ring substituents is 1. The molecule has 0 saturated heterocycles. The minimum absolute atomic E-state index is 0.105. The van der Waals surface area contributed by atoms with Gasteiger partial charge < -0.3 is 5.32 Å². The lowest BCUT2D eigenvalue weighted by atomic mass is 10.1. The van der Waals surface area contributed by atoms with Gasteiger partial charge in [0.1, 0.15) is 5.69 Å². The number of nitro groups is 1. The van der Waals surface area contributed by atoms with Crippen LogP contribution in [0.5, 0.6) is 0 Å². The third-order valence-electron chi connectivity index (χ3n) is 2.95. The highest BCUT2D eigenvalue weighted by Crippen LogP contribution is 2.26. The number of carbonyl (C=O) groups excluding carboxylic acids is 1. The van der Waals surface area contributed by atoms with E-state index >= 15 is 0 Å². The number of hydrogen-bond donors (Lipinski definition) is 1. The van der Waals surface area contributed by atoms with Crippen molar-refractivity contribution in [3.8, 4) is 0 Å². The van der Waals surface area contributed by atoms with E-state index in [0.29, 0.717) is 5.56 Å². The Kier molecular flexibility index (Phi) is 4.10. The lowest BCUT2D eigenvalue weighted by Gasteiger charge is -2.07. The van der Waals surface area contributed by atoms with Crippen LogP contribution in [0.4, 0.5) is 11.4 Å². The van der Waals surface area contributed by atoms with Crippen molar-refractivity contribution >= 4 is 17.3 Å². The molecule has 0 aliphatic carbocycles. The molecule has 0 aliphatic heterocycles. The van der Waals surface area contributed by atoms with Gasteiger partial charge in [-0.25, -0.2) is 0 Å². The minimum Gasteiger partial charge on any atom is -0.316 e. The molecule has 102 valence electrons. The molecule has 0 heterocycles. The second-order valence-electron chi connectivity index (χ2n) is 4.28. The van der Waals surface area contributed by atoms with Gasteiger partial charge in [-0.2, -0.15) is 0 Å². The summed E-state index contributed by atoms with van der Waals surface area (Å²) < 4.78 is 0. The van der Waals surface area contributed by atoms with Gasteiger partial charge in [0.15, 0.2) is 0 Å². The monoisotopic (exact) mass is 270 g/mol. The SMILES string of the molecule is CCc1ccc([N+](=O)[O-])c(NC(=O)c2ccccc2)c1. The maximum atomic E-state index is 12.1. The second kappa shape index (κ2) is 5.97. The molecule has 1 N–H and O–H groups in total. The van der Waals surface area contributed by atoms with Gasteiger partial charge in [0.25, 0.3) is 11.6 Å². The van der Waals surface area contributed by atoms with Crippen molar-refractivity contribution in [1.29, 1.82) is 0 Å². The summed E-state index contributed by atoms with van der Waals surface area (Å²) in [5, 5.41) is 13.6. The van der Waals surface area contributed by atoms with Crippen LogP contribution in [0.1, 0.15) is 22.8 Å². The van der Waals surface area contributed by atoms with Crippen LogP contribution in [0.25, 0.3) is 0 Å². The number of anilines is 1. The molecule has 0 atom stereocenters. The Balaban J connectivity index is 2.32. The van der Waals surface area contributed by atoms with Crippen LogP contribution in [-0.2, 0) is 6.42 Å². The number of benzene rings is 2. The predicted octanol–water partition coefficient (Wildman–Crippen LogP) is 3.41. The van der Waals surface area contributed by atoms with Gasteiger partial charge in [0.2, 0.25) is 0 Å². The van der Waals surface area contributed by atoms with E-state index in [1.807, 2.05) is 6.92 Å². The normalized spacial score (nSPS) is 10.1. The molecule has 0 aromatic heterocycles. The van der Waals surface area contributed by atoms with Gasteiger partial charge >= 0.3 is 0 Å². The van der Waals surface area contributed by atoms with E-state index in [1.165, 1.54) is 6.07 Å². The zero-order valence-corrected chi connectivity index (χ0v) is 11.0. The summed E-state index contributed by atoms with van der Waals surface area (Å²) in [4.78, 5) is 22.5. The first-order chi connectivity index (χ1) is 9.61. The molecular weight excluding hydrogens is 256 g/mol. The number of rotatable bonds is 4. The maximum absolute atomic E-state index is 12.1. The van der Waals surface area contributed by atoms with Gasteiger partial charge in [-0.1, -0.05) is 31.2 Å². The van der Waals surface area contributed by atoms with Crippen LogP contribution < -0.4 is 5.32 Å². The summed E-state index contributed by atoms with van der Waals surface area (Å²) in [6.07, 6.45) is 0.742. The van der Waals surface area contributed by atoms with E-state index in [9.17, 15) is 14.9 Å². The zero-order chi connectivity index (χ0) is 14.5. The van der Waals surface area contributed by atoms with Crippen molar-refractivity contribution in [3.63, 3.8) is 0 Å². The quantitative estimate of drug-likeness (QED) is 0.683. The van der Waals surface area contributed by atoms with Crippen molar-refractivity contribution in [2.75, 3.05) is 5.32 Å². The van der Waals surface area contributed by atoms with Gasteiger partial charge in [-0.05, 0) is 30.2 Å². The molecule has 0 unspecified atom stereocenters. The van der Waals surface area contributed by atoms with Crippen molar-refractivity contribution in [2.45, 2.75) is 13.3 Å². The van der Waals surface area contributed by atoms with Crippen molar-refractivity contribution in [2.24, 2.45) is 0 Å². The third kappa shape index (κ3) is 3.00. The largest absolute Gasteiger partial charge is 0.316 e. The van der Waals surface area contributed by atoms with E-state index in [0.717, 1.165) is 12.0 Å². The minimum atomic E-state index is -0.500. The molecule has 20 heavy (non-hydrogen) atoms. The summed E-state index contributed by atoms with van der Waals surface area (Å²) in [5.74, 6) is -0.359. The standard InChI is InChI=1S/C15H14N2O3/c1-2-11-8-9-14(17(19)20)13(10-11)16-15(18)12-6-4-3-5-7-12/h3-10H,2H2,1H3,(H,16,18). The summed E-state index contributed by atoms with van der Waals surface area (Å²) in [6, 6.07) is 13.3. The first-order valence-corrected chi connectivity index (χ1v) is 6.25. The summed E-state index contributed by atoms with van der Waals surface area (Å²) in [5.41, 5.74) is 1.51. The average Bonchev–Trinajstić information content (AvgIpc) is 2.47. The maximum Gasteiger partial charge on any atom is 0.292 e. The fourth-order valence-electron chi connectivity index (χ4n) is 1.85. The molecule has 0 spiro atoms. The Morgan fingerprint density at radius 1 is 1.20 bits per heavy atom. The number of amides is 1. The summed E-state index contributed by atoms with van der Waals surface area (Å²) in [6.45, 7) is 1.95. The number of carbonyl (C=O) groups is 1. The molecule has 5 heteroatoms. The molecule has 0 saturated carbocycles. The average molecular weight is 270 g/mol. The van der Waals surface area contributed by atoms with Crippen LogP contribution in [0.3, 0.4) is 0 Å². The van der Waals surface area contributed by atoms with Crippen molar-refractivity contribution in [3.05, 3.63) is 69.8 Å². The van der Waals surface area contributed by atoms with Crippen molar-refractivity contribution in [1.82, 2.24) is 0 Å². The summed E-state index contributed by atoms with van der Waals surface area (Å²) in [7, 11) is 0. The Bertz CT molecular complexity index is 639. The van der Waals surface area contributed by atoms with Crippen LogP contribution >= 0.6 is 0 Å². The second-order valence-corrected chi connectivity index (χ2v) is 4.28. The Morgan fingerprint density at radius 2 is 1.90 bits per heavy atom. The lowest BCUT2D eigenvalue weighted by molar-refractivity contribution is -0.383. The molecule has 0 bridgehead atoms. The first kappa shape index (κ1) is 13.7. The molecule has 2 rings (SSSR count). The van der Waals surface area contributed by atoms with Crippen molar-refractivity contribution < 1.29 is 9.72 Å². The summed E-state index contributed by atoms with van der Waals surface area (Å²) >= 11 is 0. The topological polar surface area (TPSA) is 72.2 Å². The van der Waals surface area contributed by atoms with Gasteiger partial charge in [0.05, 0.1) is 4.92 Å². The number of aryl methyl sites for hydroxylation is 1. The van der Waals surface area contributed by atoms with E-state index in [2.05, 4.69) is 5.32 Å². The molecule has 0 aliphatic rings. The predicted molar refractivity (Wildman–Crippen MR) is 76.9 cm³/mol. The smallest absolute Gasteiger partial charge is 0.292 e. The molecule has 5 nitrogen and oxygen atoms in total. The molecule has 0 fully saturated rings. The highest BCUT2D eigenvalue weighted by atomic mass is 16.6. The fraction of sp³-hybridized carbons (Fsp3) is 0.133. The Morgan fingerprint density at radius 3 is 2.50 bits per heavy atom. The van der Waals surface area contributed by atoms with Gasteiger partial charge in [0, 0.05) is 11.6 Å². The van der Waals surface area contributed by atoms with Crippen LogP contribution in [-0.4, -0.2) is 10.8 Å². The van der Waals surface area contributed by atoms with E-state index in [-0.39, 0.29) is 17.3 Å². The number of hydrogen-bond acceptors (Lipinski definition) is 3. The lowest BCUT2D eigenvalue weighted by Crippen LogP contribution is -2.13. The molecule has 0 radical (unpaired) electrons. The first-order valence-electron chi connectivity index (χ1n) is 6.25. The molecule has 1 amide bonds. The Hall–Kier alpha value is -2.69. The Labute approximate surface area is 116 Å². The molecule has 2 aromatic rings. The fourth-order valence-corrected chi connectivity index (χ4v) is 1.85. The van der Waals surface area contributed by atoms with Crippen LogP contribution in [0, 0.1) is 10.1 Å². The van der Waals surface area contributed by atoms with E-state index < -0.39 is 4.92 Å². The van der Waals surface area contributed by atoms with Crippen LogP contribution in [0.2, 0.25) is 0 Å².